The Hall–Kier alpha value is -1.02. The van der Waals surface area contributed by atoms with Gasteiger partial charge in [-0.2, -0.15) is 0 Å². The van der Waals surface area contributed by atoms with Crippen LogP contribution in [0.15, 0.2) is 18.2 Å². The number of esters is 1. The van der Waals surface area contributed by atoms with Crippen molar-refractivity contribution in [1.82, 2.24) is 0 Å². The van der Waals surface area contributed by atoms with Gasteiger partial charge in [0.05, 0.1) is 13.0 Å². The van der Waals surface area contributed by atoms with Crippen molar-refractivity contribution in [2.75, 3.05) is 7.11 Å². The highest BCUT2D eigenvalue weighted by Crippen LogP contribution is 2.29. The first-order valence-electron chi connectivity index (χ1n) is 5.31. The van der Waals surface area contributed by atoms with Gasteiger partial charge in [-0.3, -0.25) is 4.79 Å². The highest BCUT2D eigenvalue weighted by atomic mass is 35.5. The molecule has 0 N–H and O–H groups in total. The zero-order chi connectivity index (χ0) is 12.3. The van der Waals surface area contributed by atoms with E-state index >= 15 is 0 Å². The molecule has 1 atom stereocenters. The summed E-state index contributed by atoms with van der Waals surface area (Å²) in [6, 6.07) is 5.71. The van der Waals surface area contributed by atoms with E-state index < -0.39 is 0 Å². The summed E-state index contributed by atoms with van der Waals surface area (Å²) in [6.07, 6.45) is 0. The lowest BCUT2D eigenvalue weighted by molar-refractivity contribution is -0.143. The van der Waals surface area contributed by atoms with Crippen LogP contribution in [0.1, 0.15) is 30.9 Å². The first kappa shape index (κ1) is 13.0. The molecule has 1 aromatic rings. The van der Waals surface area contributed by atoms with Gasteiger partial charge in [0.2, 0.25) is 0 Å². The van der Waals surface area contributed by atoms with Crippen LogP contribution in [-0.2, 0) is 9.53 Å². The van der Waals surface area contributed by atoms with Crippen LogP contribution in [0.25, 0.3) is 0 Å². The number of carbonyl (C=O) groups excluding carboxylic acids is 1. The molecule has 0 saturated heterocycles. The summed E-state index contributed by atoms with van der Waals surface area (Å²) in [6.45, 7) is 5.93. The van der Waals surface area contributed by atoms with Crippen LogP contribution >= 0.6 is 11.6 Å². The molecule has 2 nitrogen and oxygen atoms in total. The lowest BCUT2D eigenvalue weighted by Crippen LogP contribution is -2.19. The Morgan fingerprint density at radius 2 is 2.00 bits per heavy atom. The molecule has 0 bridgehead atoms. The minimum Gasteiger partial charge on any atom is -0.469 e. The Bertz CT molecular complexity index is 386. The average Bonchev–Trinajstić information content (AvgIpc) is 2.22. The van der Waals surface area contributed by atoms with Crippen LogP contribution in [0, 0.1) is 12.8 Å². The van der Waals surface area contributed by atoms with E-state index in [9.17, 15) is 4.79 Å². The van der Waals surface area contributed by atoms with Crippen molar-refractivity contribution in [2.24, 2.45) is 5.92 Å². The molecular formula is C13H17ClO2. The Labute approximate surface area is 102 Å². The van der Waals surface area contributed by atoms with Gasteiger partial charge in [-0.05, 0) is 30.0 Å². The van der Waals surface area contributed by atoms with Crippen molar-refractivity contribution >= 4 is 17.6 Å². The maximum Gasteiger partial charge on any atom is 0.313 e. The lowest BCUT2D eigenvalue weighted by atomic mass is 9.88. The smallest absolute Gasteiger partial charge is 0.313 e. The molecule has 0 aromatic heterocycles. The minimum absolute atomic E-state index is 0.186. The number of carbonyl (C=O) groups is 1. The zero-order valence-electron chi connectivity index (χ0n) is 10.1. The maximum atomic E-state index is 11.7. The van der Waals surface area contributed by atoms with Crippen LogP contribution in [0.4, 0.5) is 0 Å². The molecule has 0 spiro atoms. The fourth-order valence-corrected chi connectivity index (χ4v) is 1.91. The van der Waals surface area contributed by atoms with E-state index in [1.54, 1.807) is 0 Å². The van der Waals surface area contributed by atoms with Gasteiger partial charge in [0.15, 0.2) is 0 Å². The van der Waals surface area contributed by atoms with Crippen molar-refractivity contribution in [2.45, 2.75) is 26.7 Å². The summed E-state index contributed by atoms with van der Waals surface area (Å²) in [5, 5.41) is 0.687. The second-order valence-corrected chi connectivity index (χ2v) is 4.66. The summed E-state index contributed by atoms with van der Waals surface area (Å²) < 4.78 is 4.82. The van der Waals surface area contributed by atoms with Gasteiger partial charge in [-0.15, -0.1) is 0 Å². The number of hydrogen-bond acceptors (Lipinski definition) is 2. The summed E-state index contributed by atoms with van der Waals surface area (Å²) in [7, 11) is 1.41. The monoisotopic (exact) mass is 240 g/mol. The molecule has 1 unspecified atom stereocenters. The zero-order valence-corrected chi connectivity index (χ0v) is 10.8. The number of methoxy groups -OCH3 is 1. The van der Waals surface area contributed by atoms with E-state index in [0.29, 0.717) is 5.02 Å². The quantitative estimate of drug-likeness (QED) is 0.756. The second-order valence-electron chi connectivity index (χ2n) is 4.25. The van der Waals surface area contributed by atoms with Crippen LogP contribution in [-0.4, -0.2) is 13.1 Å². The normalized spacial score (nSPS) is 12.6. The van der Waals surface area contributed by atoms with Crippen molar-refractivity contribution in [3.05, 3.63) is 34.3 Å². The van der Waals surface area contributed by atoms with Gasteiger partial charge >= 0.3 is 5.97 Å². The first-order chi connectivity index (χ1) is 7.47. The van der Waals surface area contributed by atoms with Crippen LogP contribution < -0.4 is 0 Å². The van der Waals surface area contributed by atoms with Crippen LogP contribution in [0.2, 0.25) is 5.02 Å². The third kappa shape index (κ3) is 2.76. The molecule has 0 aliphatic heterocycles. The van der Waals surface area contributed by atoms with Crippen LogP contribution in [0.5, 0.6) is 0 Å². The van der Waals surface area contributed by atoms with Gasteiger partial charge in [-0.25, -0.2) is 0 Å². The van der Waals surface area contributed by atoms with Gasteiger partial charge in [0.1, 0.15) is 0 Å². The molecule has 0 aliphatic rings. The average molecular weight is 241 g/mol. The third-order valence-electron chi connectivity index (χ3n) is 2.68. The van der Waals surface area contributed by atoms with Crippen molar-refractivity contribution in [3.8, 4) is 0 Å². The predicted molar refractivity (Wildman–Crippen MR) is 65.8 cm³/mol. The molecule has 0 radical (unpaired) electrons. The molecule has 1 rings (SSSR count). The molecule has 3 heteroatoms. The fourth-order valence-electron chi connectivity index (χ4n) is 1.72. The number of hydrogen-bond donors (Lipinski definition) is 0. The molecule has 0 aliphatic carbocycles. The van der Waals surface area contributed by atoms with Gasteiger partial charge in [0, 0.05) is 5.02 Å². The van der Waals surface area contributed by atoms with E-state index in [4.69, 9.17) is 16.3 Å². The number of benzene rings is 1. The highest BCUT2D eigenvalue weighted by Gasteiger charge is 2.25. The van der Waals surface area contributed by atoms with Crippen LogP contribution in [0.3, 0.4) is 0 Å². The number of halogens is 1. The second kappa shape index (κ2) is 5.35. The lowest BCUT2D eigenvalue weighted by Gasteiger charge is -2.19. The van der Waals surface area contributed by atoms with E-state index in [1.807, 2.05) is 39.0 Å². The largest absolute Gasteiger partial charge is 0.469 e. The SMILES string of the molecule is COC(=O)C(c1ccc(C)c(Cl)c1)C(C)C. The molecule has 0 saturated carbocycles. The molecule has 16 heavy (non-hydrogen) atoms. The summed E-state index contributed by atoms with van der Waals surface area (Å²) in [5.41, 5.74) is 1.93. The molecule has 1 aromatic carbocycles. The van der Waals surface area contributed by atoms with Gasteiger partial charge in [0.25, 0.3) is 0 Å². The van der Waals surface area contributed by atoms with E-state index in [2.05, 4.69) is 0 Å². The topological polar surface area (TPSA) is 26.3 Å². The minimum atomic E-state index is -0.247. The molecule has 0 fully saturated rings. The Balaban J connectivity index is 3.11. The van der Waals surface area contributed by atoms with Crippen molar-refractivity contribution in [3.63, 3.8) is 0 Å². The summed E-state index contributed by atoms with van der Waals surface area (Å²) >= 11 is 6.06. The summed E-state index contributed by atoms with van der Waals surface area (Å²) in [4.78, 5) is 11.7. The molecule has 88 valence electrons. The molecule has 0 heterocycles. The first-order valence-corrected chi connectivity index (χ1v) is 5.69. The predicted octanol–water partition coefficient (Wildman–Crippen LogP) is 3.56. The van der Waals surface area contributed by atoms with E-state index in [-0.39, 0.29) is 17.8 Å². The fraction of sp³-hybridized carbons (Fsp3) is 0.462. The standard InChI is InChI=1S/C13H17ClO2/c1-8(2)12(13(15)16-4)10-6-5-9(3)11(14)7-10/h5-8,12H,1-4H3. The molecular weight excluding hydrogens is 224 g/mol. The Kier molecular flexibility index (Phi) is 4.36. The van der Waals surface area contributed by atoms with E-state index in [0.717, 1.165) is 11.1 Å². The van der Waals surface area contributed by atoms with Gasteiger partial charge in [-0.1, -0.05) is 37.6 Å². The third-order valence-corrected chi connectivity index (χ3v) is 3.08. The van der Waals surface area contributed by atoms with Crippen molar-refractivity contribution in [1.29, 1.82) is 0 Å². The maximum absolute atomic E-state index is 11.7. The Morgan fingerprint density at radius 3 is 2.44 bits per heavy atom. The Morgan fingerprint density at radius 1 is 1.38 bits per heavy atom. The molecule has 0 amide bonds. The highest BCUT2D eigenvalue weighted by molar-refractivity contribution is 6.31. The van der Waals surface area contributed by atoms with E-state index in [1.165, 1.54) is 7.11 Å². The summed E-state index contributed by atoms with van der Waals surface area (Å²) in [5.74, 6) is -0.274. The number of ether oxygens (including phenoxy) is 1. The number of rotatable bonds is 3. The van der Waals surface area contributed by atoms with Crippen molar-refractivity contribution < 1.29 is 9.53 Å². The number of aryl methyl sites for hydroxylation is 1. The van der Waals surface area contributed by atoms with Gasteiger partial charge < -0.3 is 4.74 Å².